The van der Waals surface area contributed by atoms with Gasteiger partial charge >= 0.3 is 11.9 Å². The second kappa shape index (κ2) is 10.4. The molecule has 0 N–H and O–H groups in total. The van der Waals surface area contributed by atoms with Crippen LogP contribution in [0.5, 0.6) is 0 Å². The van der Waals surface area contributed by atoms with Crippen LogP contribution in [-0.4, -0.2) is 30.0 Å². The third kappa shape index (κ3) is 9.45. The number of hydrogen-bond donors (Lipinski definition) is 0. The summed E-state index contributed by atoms with van der Waals surface area (Å²) in [7, 11) is 0. The average molecular weight is 323 g/mol. The molecule has 5 heteroatoms. The van der Waals surface area contributed by atoms with Crippen LogP contribution in [0, 0.1) is 5.92 Å². The Morgan fingerprint density at radius 3 is 2.39 bits per heavy atom. The largest absolute Gasteiger partial charge is 0.465 e. The number of carbonyl (C=O) groups excluding carboxylic acids is 2. The SMILES string of the molecule is CCCCC(=O)OC(CBr)CC(=O)OCC(C)C. The molecule has 0 heterocycles. The Bertz CT molecular complexity index is 253. The molecule has 106 valence electrons. The van der Waals surface area contributed by atoms with Gasteiger partial charge in [0, 0.05) is 11.8 Å². The highest BCUT2D eigenvalue weighted by atomic mass is 79.9. The van der Waals surface area contributed by atoms with Crippen LogP contribution in [0.3, 0.4) is 0 Å². The topological polar surface area (TPSA) is 52.6 Å². The highest BCUT2D eigenvalue weighted by Crippen LogP contribution is 2.08. The molecule has 0 saturated heterocycles. The van der Waals surface area contributed by atoms with E-state index in [2.05, 4.69) is 15.9 Å². The Kier molecular flexibility index (Phi) is 10.0. The second-order valence-corrected chi connectivity index (χ2v) is 5.30. The summed E-state index contributed by atoms with van der Waals surface area (Å²) in [5.41, 5.74) is 0. The first kappa shape index (κ1) is 17.4. The first-order chi connectivity index (χ1) is 8.49. The van der Waals surface area contributed by atoms with Gasteiger partial charge in [0.1, 0.15) is 6.10 Å². The van der Waals surface area contributed by atoms with E-state index in [0.717, 1.165) is 12.8 Å². The van der Waals surface area contributed by atoms with E-state index in [1.54, 1.807) is 0 Å². The minimum atomic E-state index is -0.436. The Morgan fingerprint density at radius 2 is 1.89 bits per heavy atom. The summed E-state index contributed by atoms with van der Waals surface area (Å²) in [4.78, 5) is 22.9. The van der Waals surface area contributed by atoms with Gasteiger partial charge in [0.05, 0.1) is 13.0 Å². The van der Waals surface area contributed by atoms with Crippen molar-refractivity contribution in [1.29, 1.82) is 0 Å². The Balaban J connectivity index is 3.94. The van der Waals surface area contributed by atoms with Crippen molar-refractivity contribution in [2.75, 3.05) is 11.9 Å². The van der Waals surface area contributed by atoms with Gasteiger partial charge in [-0.15, -0.1) is 0 Å². The third-order valence-electron chi connectivity index (χ3n) is 2.18. The van der Waals surface area contributed by atoms with E-state index >= 15 is 0 Å². The monoisotopic (exact) mass is 322 g/mol. The van der Waals surface area contributed by atoms with Crippen LogP contribution in [0.15, 0.2) is 0 Å². The molecule has 0 radical (unpaired) electrons. The van der Waals surface area contributed by atoms with Crippen molar-refractivity contribution in [3.8, 4) is 0 Å². The summed E-state index contributed by atoms with van der Waals surface area (Å²) in [6.07, 6.45) is 1.83. The summed E-state index contributed by atoms with van der Waals surface area (Å²) >= 11 is 3.24. The van der Waals surface area contributed by atoms with Crippen LogP contribution >= 0.6 is 15.9 Å². The number of hydrogen-bond acceptors (Lipinski definition) is 4. The van der Waals surface area contributed by atoms with Crippen molar-refractivity contribution < 1.29 is 19.1 Å². The minimum Gasteiger partial charge on any atom is -0.465 e. The lowest BCUT2D eigenvalue weighted by Crippen LogP contribution is -2.24. The van der Waals surface area contributed by atoms with Crippen LogP contribution in [-0.2, 0) is 19.1 Å². The number of halogens is 1. The summed E-state index contributed by atoms with van der Waals surface area (Å²) < 4.78 is 10.2. The first-order valence-corrected chi connectivity index (χ1v) is 7.52. The molecule has 0 amide bonds. The molecule has 0 aliphatic rings. The van der Waals surface area contributed by atoms with Crippen molar-refractivity contribution >= 4 is 27.9 Å². The van der Waals surface area contributed by atoms with E-state index < -0.39 is 6.10 Å². The number of carbonyl (C=O) groups is 2. The summed E-state index contributed by atoms with van der Waals surface area (Å²) in [5.74, 6) is -0.266. The van der Waals surface area contributed by atoms with E-state index in [-0.39, 0.29) is 18.4 Å². The minimum absolute atomic E-state index is 0.107. The van der Waals surface area contributed by atoms with Crippen LogP contribution in [0.4, 0.5) is 0 Å². The molecule has 1 atom stereocenters. The zero-order chi connectivity index (χ0) is 14.0. The van der Waals surface area contributed by atoms with Gasteiger partial charge in [-0.3, -0.25) is 9.59 Å². The third-order valence-corrected chi connectivity index (χ3v) is 2.90. The molecule has 1 unspecified atom stereocenters. The van der Waals surface area contributed by atoms with Crippen LogP contribution < -0.4 is 0 Å². The second-order valence-electron chi connectivity index (χ2n) is 4.65. The molecule has 0 fully saturated rings. The molecule has 0 aromatic heterocycles. The number of alkyl halides is 1. The molecule has 0 saturated carbocycles. The fourth-order valence-electron chi connectivity index (χ4n) is 1.20. The first-order valence-electron chi connectivity index (χ1n) is 6.40. The molecule has 18 heavy (non-hydrogen) atoms. The smallest absolute Gasteiger partial charge is 0.309 e. The van der Waals surface area contributed by atoms with Crippen molar-refractivity contribution in [3.63, 3.8) is 0 Å². The standard InChI is InChI=1S/C13H23BrO4/c1-4-5-6-12(15)18-11(8-14)7-13(16)17-9-10(2)3/h10-11H,4-9H2,1-3H3. The van der Waals surface area contributed by atoms with Gasteiger partial charge in [-0.1, -0.05) is 43.1 Å². The highest BCUT2D eigenvalue weighted by Gasteiger charge is 2.18. The van der Waals surface area contributed by atoms with Crippen molar-refractivity contribution in [2.24, 2.45) is 5.92 Å². The molecule has 0 aliphatic carbocycles. The van der Waals surface area contributed by atoms with Crippen molar-refractivity contribution in [3.05, 3.63) is 0 Å². The molecule has 0 rings (SSSR count). The van der Waals surface area contributed by atoms with Gasteiger partial charge < -0.3 is 9.47 Å². The lowest BCUT2D eigenvalue weighted by atomic mass is 10.2. The maximum Gasteiger partial charge on any atom is 0.309 e. The maximum absolute atomic E-state index is 11.5. The number of esters is 2. The van der Waals surface area contributed by atoms with Crippen LogP contribution in [0.1, 0.15) is 46.5 Å². The molecule has 0 aromatic carbocycles. The van der Waals surface area contributed by atoms with E-state index in [0.29, 0.717) is 24.3 Å². The summed E-state index contributed by atoms with van der Waals surface area (Å²) in [6.45, 7) is 6.36. The molecule has 0 spiro atoms. The molecular weight excluding hydrogens is 300 g/mol. The Labute approximate surface area is 118 Å². The van der Waals surface area contributed by atoms with Crippen molar-refractivity contribution in [1.82, 2.24) is 0 Å². The summed E-state index contributed by atoms with van der Waals surface area (Å²) in [5, 5.41) is 0.446. The highest BCUT2D eigenvalue weighted by molar-refractivity contribution is 9.09. The van der Waals surface area contributed by atoms with Gasteiger partial charge in [-0.25, -0.2) is 0 Å². The lowest BCUT2D eigenvalue weighted by Gasteiger charge is -2.15. The van der Waals surface area contributed by atoms with Gasteiger partial charge in [0.25, 0.3) is 0 Å². The quantitative estimate of drug-likeness (QED) is 0.483. The van der Waals surface area contributed by atoms with Crippen molar-refractivity contribution in [2.45, 2.75) is 52.6 Å². The van der Waals surface area contributed by atoms with Gasteiger partial charge in [-0.05, 0) is 12.3 Å². The van der Waals surface area contributed by atoms with Crippen LogP contribution in [0.2, 0.25) is 0 Å². The van der Waals surface area contributed by atoms with Gasteiger partial charge in [0.2, 0.25) is 0 Å². The number of ether oxygens (including phenoxy) is 2. The lowest BCUT2D eigenvalue weighted by molar-refractivity contribution is -0.154. The zero-order valence-corrected chi connectivity index (χ0v) is 13.0. The van der Waals surface area contributed by atoms with E-state index in [1.165, 1.54) is 0 Å². The Hall–Kier alpha value is -0.580. The predicted molar refractivity (Wildman–Crippen MR) is 73.6 cm³/mol. The zero-order valence-electron chi connectivity index (χ0n) is 11.4. The fourth-order valence-corrected chi connectivity index (χ4v) is 1.56. The average Bonchev–Trinajstić information content (AvgIpc) is 2.32. The van der Waals surface area contributed by atoms with E-state index in [1.807, 2.05) is 20.8 Å². The maximum atomic E-state index is 11.5. The van der Waals surface area contributed by atoms with Gasteiger partial charge in [-0.2, -0.15) is 0 Å². The van der Waals surface area contributed by atoms with E-state index in [9.17, 15) is 9.59 Å². The normalized spacial score (nSPS) is 12.3. The van der Waals surface area contributed by atoms with Gasteiger partial charge in [0.15, 0.2) is 0 Å². The Morgan fingerprint density at radius 1 is 1.22 bits per heavy atom. The molecule has 0 aromatic rings. The molecular formula is C13H23BrO4. The molecule has 4 nitrogen and oxygen atoms in total. The summed E-state index contributed by atoms with van der Waals surface area (Å²) in [6, 6.07) is 0. The number of unbranched alkanes of at least 4 members (excludes halogenated alkanes) is 1. The van der Waals surface area contributed by atoms with E-state index in [4.69, 9.17) is 9.47 Å². The fraction of sp³-hybridized carbons (Fsp3) is 0.846. The predicted octanol–water partition coefficient (Wildman–Crippen LogP) is 3.07. The molecule has 0 bridgehead atoms. The molecule has 0 aliphatic heterocycles. The van der Waals surface area contributed by atoms with Crippen LogP contribution in [0.25, 0.3) is 0 Å². The number of rotatable bonds is 9.